The van der Waals surface area contributed by atoms with Gasteiger partial charge in [0.25, 0.3) is 0 Å². The van der Waals surface area contributed by atoms with Gasteiger partial charge in [0.05, 0.1) is 12.3 Å². The van der Waals surface area contributed by atoms with Crippen molar-refractivity contribution < 1.29 is 13.5 Å². The monoisotopic (exact) mass is 176 g/mol. The highest BCUT2D eigenvalue weighted by molar-refractivity contribution is 4.98. The van der Waals surface area contributed by atoms with Crippen molar-refractivity contribution in [1.29, 1.82) is 0 Å². The summed E-state index contributed by atoms with van der Waals surface area (Å²) in [6.07, 6.45) is 1.33. The molecule has 12 heavy (non-hydrogen) atoms. The van der Waals surface area contributed by atoms with E-state index in [2.05, 4.69) is 5.10 Å². The number of halogens is 2. The van der Waals surface area contributed by atoms with Crippen molar-refractivity contribution in [3.05, 3.63) is 18.0 Å². The lowest BCUT2D eigenvalue weighted by Gasteiger charge is -2.04. The van der Waals surface area contributed by atoms with Crippen LogP contribution in [-0.4, -0.2) is 16.4 Å². The molecule has 1 aromatic rings. The minimum atomic E-state index is -2.59. The zero-order valence-corrected chi connectivity index (χ0v) is 6.70. The van der Waals surface area contributed by atoms with Crippen LogP contribution in [0.3, 0.4) is 0 Å². The number of ether oxygens (including phenoxy) is 1. The van der Waals surface area contributed by atoms with Gasteiger partial charge in [-0.15, -0.1) is 0 Å². The summed E-state index contributed by atoms with van der Waals surface area (Å²) in [4.78, 5) is 0. The SMILES string of the molecule is CCOCc1ccnn1C(F)F. The molecule has 0 unspecified atom stereocenters. The standard InChI is InChI=1S/C7H10F2N2O/c1-2-12-5-6-3-4-10-11(6)7(8)9/h3-4,7H,2,5H2,1H3. The van der Waals surface area contributed by atoms with Gasteiger partial charge in [-0.05, 0) is 13.0 Å². The summed E-state index contributed by atoms with van der Waals surface area (Å²) < 4.78 is 29.9. The maximum Gasteiger partial charge on any atom is 0.333 e. The molecule has 0 bridgehead atoms. The fourth-order valence-corrected chi connectivity index (χ4v) is 0.838. The lowest BCUT2D eigenvalue weighted by atomic mass is 10.4. The van der Waals surface area contributed by atoms with E-state index < -0.39 is 6.55 Å². The molecule has 1 aromatic heterocycles. The Bertz CT molecular complexity index is 237. The second-order valence-corrected chi connectivity index (χ2v) is 2.18. The first-order valence-electron chi connectivity index (χ1n) is 3.64. The summed E-state index contributed by atoms with van der Waals surface area (Å²) in [5.74, 6) is 0. The molecule has 0 aliphatic rings. The van der Waals surface area contributed by atoms with Gasteiger partial charge in [-0.25, -0.2) is 4.68 Å². The fraction of sp³-hybridized carbons (Fsp3) is 0.571. The van der Waals surface area contributed by atoms with E-state index in [9.17, 15) is 8.78 Å². The number of hydrogen-bond acceptors (Lipinski definition) is 2. The first-order valence-corrected chi connectivity index (χ1v) is 3.64. The number of nitrogens with zero attached hydrogens (tertiary/aromatic N) is 2. The van der Waals surface area contributed by atoms with Gasteiger partial charge in [0.15, 0.2) is 0 Å². The third-order valence-corrected chi connectivity index (χ3v) is 1.39. The molecular weight excluding hydrogens is 166 g/mol. The van der Waals surface area contributed by atoms with Gasteiger partial charge in [-0.2, -0.15) is 13.9 Å². The van der Waals surface area contributed by atoms with Crippen molar-refractivity contribution in [3.63, 3.8) is 0 Å². The normalized spacial score (nSPS) is 11.0. The van der Waals surface area contributed by atoms with Crippen LogP contribution in [0.2, 0.25) is 0 Å². The molecule has 1 heterocycles. The molecule has 0 aliphatic heterocycles. The predicted molar refractivity (Wildman–Crippen MR) is 38.8 cm³/mol. The third-order valence-electron chi connectivity index (χ3n) is 1.39. The van der Waals surface area contributed by atoms with E-state index in [1.54, 1.807) is 0 Å². The Morgan fingerprint density at radius 3 is 3.00 bits per heavy atom. The average Bonchev–Trinajstić information content (AvgIpc) is 2.48. The Balaban J connectivity index is 2.64. The molecule has 0 fully saturated rings. The Kier molecular flexibility index (Phi) is 3.16. The molecule has 0 atom stereocenters. The highest BCUT2D eigenvalue weighted by Gasteiger charge is 2.10. The summed E-state index contributed by atoms with van der Waals surface area (Å²) in [6, 6.07) is 1.52. The van der Waals surface area contributed by atoms with Gasteiger partial charge >= 0.3 is 6.55 Å². The third kappa shape index (κ3) is 2.01. The summed E-state index contributed by atoms with van der Waals surface area (Å²) in [7, 11) is 0. The van der Waals surface area contributed by atoms with Gasteiger partial charge in [0.1, 0.15) is 0 Å². The van der Waals surface area contributed by atoms with Crippen LogP contribution < -0.4 is 0 Å². The van der Waals surface area contributed by atoms with Gasteiger partial charge < -0.3 is 4.74 Å². The minimum absolute atomic E-state index is 0.181. The van der Waals surface area contributed by atoms with Crippen LogP contribution in [0.1, 0.15) is 19.2 Å². The van der Waals surface area contributed by atoms with E-state index in [0.29, 0.717) is 17.0 Å². The molecule has 0 spiro atoms. The number of aromatic nitrogens is 2. The number of hydrogen-bond donors (Lipinski definition) is 0. The van der Waals surface area contributed by atoms with Crippen LogP contribution in [0, 0.1) is 0 Å². The maximum atomic E-state index is 12.1. The molecule has 5 heteroatoms. The molecule has 0 N–H and O–H groups in total. The summed E-state index contributed by atoms with van der Waals surface area (Å²) in [6.45, 7) is -0.0892. The Hall–Kier alpha value is -0.970. The highest BCUT2D eigenvalue weighted by Crippen LogP contribution is 2.12. The van der Waals surface area contributed by atoms with Crippen LogP contribution in [0.15, 0.2) is 12.3 Å². The molecule has 0 radical (unpaired) electrons. The molecule has 3 nitrogen and oxygen atoms in total. The van der Waals surface area contributed by atoms with Gasteiger partial charge in [0.2, 0.25) is 0 Å². The number of rotatable bonds is 4. The van der Waals surface area contributed by atoms with Gasteiger partial charge in [-0.3, -0.25) is 0 Å². The molecule has 0 aromatic carbocycles. The molecule has 0 aliphatic carbocycles. The van der Waals surface area contributed by atoms with Crippen molar-refractivity contribution in [2.45, 2.75) is 20.1 Å². The van der Waals surface area contributed by atoms with Crippen molar-refractivity contribution in [2.24, 2.45) is 0 Å². The Morgan fingerprint density at radius 1 is 1.67 bits per heavy atom. The largest absolute Gasteiger partial charge is 0.375 e. The quantitative estimate of drug-likeness (QED) is 0.699. The molecule has 0 saturated carbocycles. The topological polar surface area (TPSA) is 27.1 Å². The van der Waals surface area contributed by atoms with Gasteiger partial charge in [0, 0.05) is 12.8 Å². The molecule has 0 amide bonds. The second kappa shape index (κ2) is 4.15. The predicted octanol–water partition coefficient (Wildman–Crippen LogP) is 1.81. The van der Waals surface area contributed by atoms with Crippen molar-refractivity contribution >= 4 is 0 Å². The van der Waals surface area contributed by atoms with Crippen LogP contribution in [0.25, 0.3) is 0 Å². The maximum absolute atomic E-state index is 12.1. The van der Waals surface area contributed by atoms with E-state index in [-0.39, 0.29) is 6.61 Å². The fourth-order valence-electron chi connectivity index (χ4n) is 0.838. The zero-order valence-electron chi connectivity index (χ0n) is 6.70. The summed E-state index contributed by atoms with van der Waals surface area (Å²) >= 11 is 0. The van der Waals surface area contributed by atoms with Crippen molar-refractivity contribution in [3.8, 4) is 0 Å². The van der Waals surface area contributed by atoms with E-state index in [4.69, 9.17) is 4.74 Å². The lowest BCUT2D eigenvalue weighted by Crippen LogP contribution is -2.06. The second-order valence-electron chi connectivity index (χ2n) is 2.18. The number of alkyl halides is 2. The van der Waals surface area contributed by atoms with Crippen molar-refractivity contribution in [2.75, 3.05) is 6.61 Å². The van der Waals surface area contributed by atoms with Crippen molar-refractivity contribution in [1.82, 2.24) is 9.78 Å². The zero-order chi connectivity index (χ0) is 8.97. The molecule has 68 valence electrons. The van der Waals surface area contributed by atoms with E-state index in [1.165, 1.54) is 12.3 Å². The average molecular weight is 176 g/mol. The molecule has 0 saturated heterocycles. The van der Waals surface area contributed by atoms with E-state index in [1.807, 2.05) is 6.92 Å². The minimum Gasteiger partial charge on any atom is -0.375 e. The van der Waals surface area contributed by atoms with Crippen LogP contribution >= 0.6 is 0 Å². The van der Waals surface area contributed by atoms with Crippen LogP contribution in [-0.2, 0) is 11.3 Å². The van der Waals surface area contributed by atoms with E-state index in [0.717, 1.165) is 0 Å². The lowest BCUT2D eigenvalue weighted by molar-refractivity contribution is 0.0426. The first kappa shape index (κ1) is 9.12. The van der Waals surface area contributed by atoms with E-state index >= 15 is 0 Å². The molecule has 1 rings (SSSR count). The summed E-state index contributed by atoms with van der Waals surface area (Å²) in [5.41, 5.74) is 0.395. The Morgan fingerprint density at radius 2 is 2.42 bits per heavy atom. The first-order chi connectivity index (χ1) is 5.75. The summed E-state index contributed by atoms with van der Waals surface area (Å²) in [5, 5.41) is 3.46. The Labute approximate surface area is 68.9 Å². The smallest absolute Gasteiger partial charge is 0.333 e. The molecular formula is C7H10F2N2O. The van der Waals surface area contributed by atoms with Crippen LogP contribution in [0.5, 0.6) is 0 Å². The van der Waals surface area contributed by atoms with Crippen LogP contribution in [0.4, 0.5) is 8.78 Å². The highest BCUT2D eigenvalue weighted by atomic mass is 19.3. The van der Waals surface area contributed by atoms with Gasteiger partial charge in [-0.1, -0.05) is 0 Å².